The molecule has 0 aliphatic carbocycles. The number of halogens is 1. The molecule has 0 bridgehead atoms. The van der Waals surface area contributed by atoms with Gasteiger partial charge in [-0.25, -0.2) is 9.18 Å². The van der Waals surface area contributed by atoms with Gasteiger partial charge in [0.1, 0.15) is 17.5 Å². The number of benzene rings is 2. The molecule has 0 aromatic heterocycles. The molecule has 6 nitrogen and oxygen atoms in total. The summed E-state index contributed by atoms with van der Waals surface area (Å²) in [6, 6.07) is 12.1. The van der Waals surface area contributed by atoms with E-state index in [4.69, 9.17) is 9.47 Å². The molecular weight excluding hydrogens is 387 g/mol. The molecule has 0 saturated heterocycles. The summed E-state index contributed by atoms with van der Waals surface area (Å²) in [6.07, 6.45) is 5.59. The normalized spacial score (nSPS) is 10.9. The maximum absolute atomic E-state index is 12.9. The van der Waals surface area contributed by atoms with E-state index in [2.05, 4.69) is 11.9 Å². The van der Waals surface area contributed by atoms with Crippen molar-refractivity contribution in [2.24, 2.45) is 0 Å². The van der Waals surface area contributed by atoms with E-state index in [0.717, 1.165) is 0 Å². The lowest BCUT2D eigenvalue weighted by molar-refractivity contribution is -0.129. The van der Waals surface area contributed by atoms with E-state index in [1.54, 1.807) is 6.07 Å². The first-order valence-electron chi connectivity index (χ1n) is 8.81. The van der Waals surface area contributed by atoms with Crippen LogP contribution >= 0.6 is 0 Å². The Morgan fingerprint density at radius 3 is 2.50 bits per heavy atom. The lowest BCUT2D eigenvalue weighted by Gasteiger charge is -2.09. The molecule has 2 rings (SSSR count). The third-order valence-electron chi connectivity index (χ3n) is 3.76. The van der Waals surface area contributed by atoms with Crippen LogP contribution in [-0.4, -0.2) is 25.5 Å². The molecule has 152 valence electrons. The Kier molecular flexibility index (Phi) is 8.09. The van der Waals surface area contributed by atoms with E-state index < -0.39 is 11.9 Å². The Balaban J connectivity index is 2.14. The Hall–Kier alpha value is -4.18. The van der Waals surface area contributed by atoms with Crippen LogP contribution in [0.3, 0.4) is 0 Å². The zero-order chi connectivity index (χ0) is 21.9. The summed E-state index contributed by atoms with van der Waals surface area (Å²) >= 11 is 0. The molecule has 0 radical (unpaired) electrons. The molecular formula is C23H19FN2O4. The Morgan fingerprint density at radius 2 is 1.87 bits per heavy atom. The number of amides is 1. The van der Waals surface area contributed by atoms with Crippen molar-refractivity contribution in [3.05, 3.63) is 83.7 Å². The maximum Gasteiger partial charge on any atom is 0.336 e. The number of hydrogen-bond acceptors (Lipinski definition) is 5. The number of ether oxygens (including phenoxy) is 2. The van der Waals surface area contributed by atoms with Gasteiger partial charge in [0.25, 0.3) is 5.91 Å². The van der Waals surface area contributed by atoms with E-state index in [9.17, 15) is 19.2 Å². The number of hydrogen-bond donors (Lipinski definition) is 1. The van der Waals surface area contributed by atoms with Crippen molar-refractivity contribution in [2.75, 3.05) is 13.7 Å². The van der Waals surface area contributed by atoms with Crippen LogP contribution in [0.15, 0.2) is 66.8 Å². The minimum atomic E-state index is -0.651. The van der Waals surface area contributed by atoms with Crippen LogP contribution in [0.5, 0.6) is 11.5 Å². The minimum absolute atomic E-state index is 0.0918. The van der Waals surface area contributed by atoms with Gasteiger partial charge in [-0.3, -0.25) is 4.79 Å². The van der Waals surface area contributed by atoms with Gasteiger partial charge in [-0.2, -0.15) is 5.26 Å². The predicted octanol–water partition coefficient (Wildman–Crippen LogP) is 3.66. The van der Waals surface area contributed by atoms with E-state index >= 15 is 0 Å². The highest BCUT2D eigenvalue weighted by molar-refractivity contribution is 6.01. The Labute approximate surface area is 173 Å². The average molecular weight is 406 g/mol. The van der Waals surface area contributed by atoms with Gasteiger partial charge in [0.15, 0.2) is 11.5 Å². The zero-order valence-corrected chi connectivity index (χ0v) is 16.2. The molecule has 0 aliphatic rings. The Bertz CT molecular complexity index is 1030. The molecule has 0 spiro atoms. The monoisotopic (exact) mass is 406 g/mol. The van der Waals surface area contributed by atoms with Gasteiger partial charge >= 0.3 is 5.97 Å². The molecule has 1 N–H and O–H groups in total. The smallest absolute Gasteiger partial charge is 0.336 e. The topological polar surface area (TPSA) is 88.4 Å². The summed E-state index contributed by atoms with van der Waals surface area (Å²) in [6.45, 7) is 3.73. The highest BCUT2D eigenvalue weighted by atomic mass is 19.1. The third-order valence-corrected chi connectivity index (χ3v) is 3.76. The van der Waals surface area contributed by atoms with Crippen LogP contribution < -0.4 is 14.8 Å². The number of esters is 1. The number of carbonyl (C=O) groups is 2. The van der Waals surface area contributed by atoms with Crippen LogP contribution in [0, 0.1) is 17.1 Å². The number of rotatable bonds is 8. The average Bonchev–Trinajstić information content (AvgIpc) is 2.76. The number of nitrogens with one attached hydrogen (secondary N) is 1. The van der Waals surface area contributed by atoms with Crippen LogP contribution in [0.25, 0.3) is 12.2 Å². The minimum Gasteiger partial charge on any atom is -0.493 e. The number of methoxy groups -OCH3 is 1. The van der Waals surface area contributed by atoms with Crippen molar-refractivity contribution in [2.45, 2.75) is 0 Å². The molecule has 0 fully saturated rings. The zero-order valence-electron chi connectivity index (χ0n) is 16.2. The fourth-order valence-electron chi connectivity index (χ4n) is 2.31. The fourth-order valence-corrected chi connectivity index (χ4v) is 2.31. The van der Waals surface area contributed by atoms with Gasteiger partial charge in [-0.1, -0.05) is 24.3 Å². The molecule has 2 aromatic rings. The van der Waals surface area contributed by atoms with Crippen molar-refractivity contribution in [3.8, 4) is 17.6 Å². The first-order valence-corrected chi connectivity index (χ1v) is 8.81. The summed E-state index contributed by atoms with van der Waals surface area (Å²) < 4.78 is 23.4. The lowest BCUT2D eigenvalue weighted by Crippen LogP contribution is -2.24. The highest BCUT2D eigenvalue weighted by Crippen LogP contribution is 2.29. The highest BCUT2D eigenvalue weighted by Gasteiger charge is 2.11. The molecule has 2 aromatic carbocycles. The third kappa shape index (κ3) is 6.46. The molecule has 0 unspecified atom stereocenters. The summed E-state index contributed by atoms with van der Waals surface area (Å²) in [7, 11) is 1.40. The lowest BCUT2D eigenvalue weighted by atomic mass is 10.1. The van der Waals surface area contributed by atoms with Crippen molar-refractivity contribution in [1.29, 1.82) is 5.26 Å². The van der Waals surface area contributed by atoms with E-state index in [1.807, 2.05) is 6.07 Å². The molecule has 7 heteroatoms. The van der Waals surface area contributed by atoms with Crippen LogP contribution in [-0.2, 0) is 9.59 Å². The summed E-state index contributed by atoms with van der Waals surface area (Å²) in [5, 5.41) is 11.7. The molecule has 0 aliphatic heterocycles. The second kappa shape index (κ2) is 11.0. The van der Waals surface area contributed by atoms with Crippen LogP contribution in [0.2, 0.25) is 0 Å². The standard InChI is InChI=1S/C23H19FN2O4/c1-3-12-26-23(28)18(15-25)13-17-6-10-20(21(14-17)29-2)30-22(27)11-7-16-4-8-19(24)9-5-16/h3-11,13-14H,1,12H2,2H3,(H,26,28)/b11-7+,18-13+. The van der Waals surface area contributed by atoms with E-state index in [0.29, 0.717) is 11.1 Å². The summed E-state index contributed by atoms with van der Waals surface area (Å²) in [4.78, 5) is 24.0. The molecule has 1 amide bonds. The van der Waals surface area contributed by atoms with Gasteiger partial charge in [0.05, 0.1) is 7.11 Å². The van der Waals surface area contributed by atoms with E-state index in [-0.39, 0.29) is 29.4 Å². The molecule has 0 saturated carbocycles. The van der Waals surface area contributed by atoms with Gasteiger partial charge in [-0.15, -0.1) is 6.58 Å². The van der Waals surface area contributed by atoms with E-state index in [1.165, 1.54) is 67.8 Å². The number of nitriles is 1. The van der Waals surface area contributed by atoms with Crippen molar-refractivity contribution in [3.63, 3.8) is 0 Å². The maximum atomic E-state index is 12.9. The largest absolute Gasteiger partial charge is 0.493 e. The quantitative estimate of drug-likeness (QED) is 0.238. The molecule has 0 heterocycles. The first-order chi connectivity index (χ1) is 14.5. The van der Waals surface area contributed by atoms with Gasteiger partial charge < -0.3 is 14.8 Å². The summed E-state index contributed by atoms with van der Waals surface area (Å²) in [5.74, 6) is -1.14. The fraction of sp³-hybridized carbons (Fsp3) is 0.0870. The molecule has 0 atom stereocenters. The predicted molar refractivity (Wildman–Crippen MR) is 111 cm³/mol. The number of carbonyl (C=O) groups excluding carboxylic acids is 2. The number of nitrogens with zero attached hydrogens (tertiary/aromatic N) is 1. The van der Waals surface area contributed by atoms with Gasteiger partial charge in [-0.05, 0) is 47.5 Å². The first kappa shape index (κ1) is 22.1. The molecule has 30 heavy (non-hydrogen) atoms. The second-order valence-electron chi connectivity index (χ2n) is 5.88. The van der Waals surface area contributed by atoms with Crippen molar-refractivity contribution in [1.82, 2.24) is 5.32 Å². The second-order valence-corrected chi connectivity index (χ2v) is 5.88. The Morgan fingerprint density at radius 1 is 1.17 bits per heavy atom. The van der Waals surface area contributed by atoms with Crippen LogP contribution in [0.4, 0.5) is 4.39 Å². The van der Waals surface area contributed by atoms with Crippen LogP contribution in [0.1, 0.15) is 11.1 Å². The van der Waals surface area contributed by atoms with Crippen molar-refractivity contribution < 1.29 is 23.5 Å². The van der Waals surface area contributed by atoms with Gasteiger partial charge in [0, 0.05) is 12.6 Å². The van der Waals surface area contributed by atoms with Crippen molar-refractivity contribution >= 4 is 24.0 Å². The SMILES string of the molecule is C=CCNC(=O)/C(C#N)=C/c1ccc(OC(=O)/C=C/c2ccc(F)cc2)c(OC)c1. The summed E-state index contributed by atoms with van der Waals surface area (Å²) in [5.41, 5.74) is 1.06. The van der Waals surface area contributed by atoms with Gasteiger partial charge in [0.2, 0.25) is 0 Å².